The summed E-state index contributed by atoms with van der Waals surface area (Å²) in [4.78, 5) is 19.4. The molecule has 4 fully saturated rings. The Balaban J connectivity index is 1.74. The number of nitrogens with zero attached hydrogens (tertiary/aromatic N) is 1. The number of aromatic nitrogens is 2. The Morgan fingerprint density at radius 1 is 1.15 bits per heavy atom. The highest BCUT2D eigenvalue weighted by Crippen LogP contribution is 2.59. The van der Waals surface area contributed by atoms with Crippen LogP contribution in [0.15, 0.2) is 11.1 Å². The Bertz CT molecular complexity index is 537. The summed E-state index contributed by atoms with van der Waals surface area (Å²) in [5.41, 5.74) is 7.65. The summed E-state index contributed by atoms with van der Waals surface area (Å²) in [6.45, 7) is 0.523. The van der Waals surface area contributed by atoms with Crippen LogP contribution in [0.25, 0.3) is 0 Å². The number of nitrogens with one attached hydrogen (secondary N) is 1. The second-order valence-electron chi connectivity index (χ2n) is 7.09. The minimum absolute atomic E-state index is 0.0225. The average Bonchev–Trinajstić information content (AvgIpc) is 2.41. The van der Waals surface area contributed by atoms with Crippen molar-refractivity contribution in [1.82, 2.24) is 9.97 Å². The molecule has 3 N–H and O–H groups in total. The first-order valence-electron chi connectivity index (χ1n) is 8.02. The van der Waals surface area contributed by atoms with Crippen LogP contribution in [0.4, 0.5) is 0 Å². The van der Waals surface area contributed by atoms with Crippen LogP contribution in [-0.2, 0) is 6.42 Å². The third kappa shape index (κ3) is 1.85. The average molecular weight is 273 g/mol. The lowest BCUT2D eigenvalue weighted by atomic mass is 9.51. The summed E-state index contributed by atoms with van der Waals surface area (Å²) < 4.78 is 0. The fraction of sp³-hybridized carbons (Fsp3) is 0.750. The Morgan fingerprint density at radius 3 is 2.40 bits per heavy atom. The lowest BCUT2D eigenvalue weighted by molar-refractivity contribution is -0.00453. The van der Waals surface area contributed by atoms with Crippen LogP contribution in [-0.4, -0.2) is 16.5 Å². The Hall–Kier alpha value is -1.16. The van der Waals surface area contributed by atoms with Crippen LogP contribution in [0.2, 0.25) is 0 Å². The van der Waals surface area contributed by atoms with E-state index in [0.717, 1.165) is 34.9 Å². The Labute approximate surface area is 119 Å². The van der Waals surface area contributed by atoms with Crippen molar-refractivity contribution in [2.24, 2.45) is 29.4 Å². The molecule has 0 spiro atoms. The number of rotatable bonds is 3. The van der Waals surface area contributed by atoms with E-state index in [1.807, 2.05) is 0 Å². The fourth-order valence-corrected chi connectivity index (χ4v) is 5.49. The molecule has 4 aliphatic carbocycles. The molecule has 0 aromatic carbocycles. The van der Waals surface area contributed by atoms with Gasteiger partial charge in [-0.05, 0) is 68.7 Å². The molecule has 4 nitrogen and oxygen atoms in total. The van der Waals surface area contributed by atoms with Gasteiger partial charge < -0.3 is 10.7 Å². The van der Waals surface area contributed by atoms with E-state index < -0.39 is 0 Å². The summed E-state index contributed by atoms with van der Waals surface area (Å²) in [6, 6.07) is 0. The standard InChI is InChI=1S/C16H23N3O/c17-2-1-13-15(18-8-19-16(13)20)14-11-4-9-3-10(6-11)7-12(14)5-9/h8-12,14H,1-7,17H2,(H,18,19,20). The van der Waals surface area contributed by atoms with Crippen molar-refractivity contribution in [1.29, 1.82) is 0 Å². The van der Waals surface area contributed by atoms with Crippen LogP contribution in [0.5, 0.6) is 0 Å². The van der Waals surface area contributed by atoms with Crippen molar-refractivity contribution < 1.29 is 0 Å². The molecular formula is C16H23N3O. The zero-order valence-corrected chi connectivity index (χ0v) is 11.8. The summed E-state index contributed by atoms with van der Waals surface area (Å²) >= 11 is 0. The molecule has 1 aromatic heterocycles. The van der Waals surface area contributed by atoms with Crippen molar-refractivity contribution in [2.75, 3.05) is 6.54 Å². The van der Waals surface area contributed by atoms with E-state index >= 15 is 0 Å². The summed E-state index contributed by atoms with van der Waals surface area (Å²) in [6.07, 6.45) is 9.12. The maximum atomic E-state index is 12.1. The molecule has 4 heteroatoms. The van der Waals surface area contributed by atoms with Gasteiger partial charge >= 0.3 is 0 Å². The highest BCUT2D eigenvalue weighted by Gasteiger charge is 2.49. The molecule has 1 heterocycles. The van der Waals surface area contributed by atoms with Gasteiger partial charge in [-0.2, -0.15) is 0 Å². The van der Waals surface area contributed by atoms with Gasteiger partial charge in [0, 0.05) is 11.5 Å². The van der Waals surface area contributed by atoms with Gasteiger partial charge in [0.25, 0.3) is 5.56 Å². The predicted octanol–water partition coefficient (Wildman–Crippen LogP) is 1.81. The zero-order chi connectivity index (χ0) is 13.7. The Kier molecular flexibility index (Phi) is 2.95. The molecule has 0 amide bonds. The van der Waals surface area contributed by atoms with Crippen LogP contribution in [0.1, 0.15) is 49.3 Å². The van der Waals surface area contributed by atoms with Crippen LogP contribution in [0, 0.1) is 23.7 Å². The second kappa shape index (κ2) is 4.69. The minimum Gasteiger partial charge on any atom is -0.330 e. The third-order valence-corrected chi connectivity index (χ3v) is 5.92. The first-order chi connectivity index (χ1) is 9.76. The van der Waals surface area contributed by atoms with Crippen molar-refractivity contribution in [3.05, 3.63) is 27.9 Å². The molecule has 0 saturated heterocycles. The largest absolute Gasteiger partial charge is 0.330 e. The normalized spacial score (nSPS) is 38.4. The molecule has 0 unspecified atom stereocenters. The molecule has 4 bridgehead atoms. The molecule has 0 radical (unpaired) electrons. The van der Waals surface area contributed by atoms with Gasteiger partial charge in [0.2, 0.25) is 0 Å². The number of hydrogen-bond donors (Lipinski definition) is 2. The van der Waals surface area contributed by atoms with Crippen molar-refractivity contribution in [3.63, 3.8) is 0 Å². The lowest BCUT2D eigenvalue weighted by Gasteiger charge is -2.54. The van der Waals surface area contributed by atoms with Crippen LogP contribution in [0.3, 0.4) is 0 Å². The number of nitrogens with two attached hydrogens (primary N) is 1. The van der Waals surface area contributed by atoms with Crippen LogP contribution >= 0.6 is 0 Å². The van der Waals surface area contributed by atoms with Crippen molar-refractivity contribution >= 4 is 0 Å². The SMILES string of the molecule is NCCc1c(C2C3CC4CC(C3)CC2C4)nc[nH]c1=O. The third-order valence-electron chi connectivity index (χ3n) is 5.92. The molecule has 5 rings (SSSR count). The van der Waals surface area contributed by atoms with Gasteiger partial charge in [0.15, 0.2) is 0 Å². The predicted molar refractivity (Wildman–Crippen MR) is 77.4 cm³/mol. The van der Waals surface area contributed by atoms with Gasteiger partial charge in [-0.3, -0.25) is 4.79 Å². The molecule has 108 valence electrons. The maximum absolute atomic E-state index is 12.1. The maximum Gasteiger partial charge on any atom is 0.254 e. The minimum atomic E-state index is 0.0225. The zero-order valence-electron chi connectivity index (χ0n) is 11.8. The van der Waals surface area contributed by atoms with Gasteiger partial charge in [0.1, 0.15) is 0 Å². The first kappa shape index (κ1) is 12.6. The van der Waals surface area contributed by atoms with E-state index in [1.165, 1.54) is 32.1 Å². The Morgan fingerprint density at radius 2 is 1.80 bits per heavy atom. The van der Waals surface area contributed by atoms with Crippen LogP contribution < -0.4 is 11.3 Å². The molecule has 20 heavy (non-hydrogen) atoms. The van der Waals surface area contributed by atoms with E-state index in [1.54, 1.807) is 6.33 Å². The second-order valence-corrected chi connectivity index (χ2v) is 7.09. The quantitative estimate of drug-likeness (QED) is 0.882. The smallest absolute Gasteiger partial charge is 0.254 e. The van der Waals surface area contributed by atoms with E-state index in [2.05, 4.69) is 9.97 Å². The van der Waals surface area contributed by atoms with E-state index in [0.29, 0.717) is 18.9 Å². The number of hydrogen-bond acceptors (Lipinski definition) is 3. The highest BCUT2D eigenvalue weighted by molar-refractivity contribution is 5.25. The van der Waals surface area contributed by atoms with E-state index in [4.69, 9.17) is 5.73 Å². The monoisotopic (exact) mass is 273 g/mol. The van der Waals surface area contributed by atoms with Gasteiger partial charge in [0.05, 0.1) is 12.0 Å². The topological polar surface area (TPSA) is 71.8 Å². The van der Waals surface area contributed by atoms with Gasteiger partial charge in [-0.1, -0.05) is 0 Å². The highest BCUT2D eigenvalue weighted by atomic mass is 16.1. The van der Waals surface area contributed by atoms with E-state index in [-0.39, 0.29) is 5.56 Å². The molecular weight excluding hydrogens is 250 g/mol. The van der Waals surface area contributed by atoms with Crippen molar-refractivity contribution in [2.45, 2.75) is 44.4 Å². The van der Waals surface area contributed by atoms with E-state index in [9.17, 15) is 4.79 Å². The first-order valence-corrected chi connectivity index (χ1v) is 8.02. The molecule has 4 aliphatic rings. The summed E-state index contributed by atoms with van der Waals surface area (Å²) in [5, 5.41) is 0. The molecule has 0 atom stereocenters. The molecule has 4 saturated carbocycles. The van der Waals surface area contributed by atoms with Gasteiger partial charge in [-0.25, -0.2) is 4.98 Å². The van der Waals surface area contributed by atoms with Gasteiger partial charge in [-0.15, -0.1) is 0 Å². The number of H-pyrrole nitrogens is 1. The fourth-order valence-electron chi connectivity index (χ4n) is 5.49. The number of aromatic amines is 1. The van der Waals surface area contributed by atoms with Crippen molar-refractivity contribution in [3.8, 4) is 0 Å². The summed E-state index contributed by atoms with van der Waals surface area (Å²) in [7, 11) is 0. The molecule has 0 aliphatic heterocycles. The summed E-state index contributed by atoms with van der Waals surface area (Å²) in [5.74, 6) is 3.95. The molecule has 1 aromatic rings. The lowest BCUT2D eigenvalue weighted by Crippen LogP contribution is -2.44.